The number of amides is 1. The summed E-state index contributed by atoms with van der Waals surface area (Å²) in [7, 11) is 0. The average molecular weight is 324 g/mol. The number of aromatic nitrogens is 4. The zero-order valence-corrected chi connectivity index (χ0v) is 12.8. The number of hydrogen-bond acceptors (Lipinski definition) is 6. The van der Waals surface area contributed by atoms with E-state index >= 15 is 0 Å². The number of nitrogens with zero attached hydrogens (tertiary/aromatic N) is 4. The first-order valence-corrected chi connectivity index (χ1v) is 7.74. The Morgan fingerprint density at radius 2 is 2.08 bits per heavy atom. The molecule has 3 aromatic rings. The quantitative estimate of drug-likeness (QED) is 0.721. The van der Waals surface area contributed by atoms with Crippen LogP contribution in [0.1, 0.15) is 29.1 Å². The lowest BCUT2D eigenvalue weighted by Crippen LogP contribution is -2.12. The maximum Gasteiger partial charge on any atom is 0.316 e. The third-order valence-corrected chi connectivity index (χ3v) is 3.60. The van der Waals surface area contributed by atoms with Gasteiger partial charge in [0.25, 0.3) is 0 Å². The molecular formula is C16H16N6O2. The molecule has 2 heterocycles. The summed E-state index contributed by atoms with van der Waals surface area (Å²) < 4.78 is 7.05. The van der Waals surface area contributed by atoms with Crippen molar-refractivity contribution in [2.75, 3.05) is 10.6 Å². The van der Waals surface area contributed by atoms with E-state index in [0.717, 1.165) is 18.4 Å². The fraction of sp³-hybridized carbons (Fsp3) is 0.250. The molecule has 0 bridgehead atoms. The van der Waals surface area contributed by atoms with Gasteiger partial charge in [-0.3, -0.25) is 9.48 Å². The van der Waals surface area contributed by atoms with Gasteiger partial charge in [-0.1, -0.05) is 35.4 Å². The van der Waals surface area contributed by atoms with Crippen molar-refractivity contribution >= 4 is 17.6 Å². The molecule has 1 saturated carbocycles. The Hall–Kier alpha value is -3.16. The Bertz CT molecular complexity index is 837. The molecule has 0 unspecified atom stereocenters. The van der Waals surface area contributed by atoms with Crippen LogP contribution in [0.15, 0.2) is 47.1 Å². The Labute approximate surface area is 137 Å². The number of benzene rings is 1. The Kier molecular flexibility index (Phi) is 3.70. The van der Waals surface area contributed by atoms with E-state index in [1.807, 2.05) is 30.3 Å². The SMILES string of the molecule is O=C(Nc1cnn(Cc2ccccc2)c1)c1nnc(NC2CC2)o1. The van der Waals surface area contributed by atoms with Crippen molar-refractivity contribution in [3.05, 3.63) is 54.2 Å². The molecule has 24 heavy (non-hydrogen) atoms. The highest BCUT2D eigenvalue weighted by molar-refractivity contribution is 6.00. The van der Waals surface area contributed by atoms with E-state index in [4.69, 9.17) is 4.42 Å². The van der Waals surface area contributed by atoms with E-state index in [1.54, 1.807) is 17.1 Å². The summed E-state index contributed by atoms with van der Waals surface area (Å²) in [6.07, 6.45) is 5.51. The first kappa shape index (κ1) is 14.4. The molecule has 2 N–H and O–H groups in total. The van der Waals surface area contributed by atoms with Crippen molar-refractivity contribution in [3.8, 4) is 0 Å². The highest BCUT2D eigenvalue weighted by Gasteiger charge is 2.24. The van der Waals surface area contributed by atoms with E-state index in [-0.39, 0.29) is 11.9 Å². The number of rotatable bonds is 6. The van der Waals surface area contributed by atoms with Crippen LogP contribution in [0.4, 0.5) is 11.7 Å². The minimum absolute atomic E-state index is 0.0750. The summed E-state index contributed by atoms with van der Waals surface area (Å²) in [4.78, 5) is 12.1. The molecule has 122 valence electrons. The molecule has 8 nitrogen and oxygen atoms in total. The topological polar surface area (TPSA) is 97.9 Å². The van der Waals surface area contributed by atoms with Gasteiger partial charge in [-0.2, -0.15) is 5.10 Å². The van der Waals surface area contributed by atoms with Gasteiger partial charge in [0.1, 0.15) is 0 Å². The van der Waals surface area contributed by atoms with Gasteiger partial charge in [0.05, 0.1) is 18.4 Å². The van der Waals surface area contributed by atoms with E-state index < -0.39 is 5.91 Å². The summed E-state index contributed by atoms with van der Waals surface area (Å²) in [6, 6.07) is 10.6. The summed E-state index contributed by atoms with van der Waals surface area (Å²) in [5.74, 6) is -0.528. The highest BCUT2D eigenvalue weighted by atomic mass is 16.4. The van der Waals surface area contributed by atoms with Crippen LogP contribution in [0.2, 0.25) is 0 Å². The van der Waals surface area contributed by atoms with Crippen LogP contribution >= 0.6 is 0 Å². The van der Waals surface area contributed by atoms with Crippen LogP contribution in [0.3, 0.4) is 0 Å². The van der Waals surface area contributed by atoms with E-state index in [2.05, 4.69) is 25.9 Å². The predicted octanol–water partition coefficient (Wildman–Crippen LogP) is 2.14. The summed E-state index contributed by atoms with van der Waals surface area (Å²) >= 11 is 0. The second kappa shape index (κ2) is 6.15. The van der Waals surface area contributed by atoms with Crippen molar-refractivity contribution in [1.82, 2.24) is 20.0 Å². The summed E-state index contributed by atoms with van der Waals surface area (Å²) in [6.45, 7) is 0.632. The van der Waals surface area contributed by atoms with Gasteiger partial charge in [-0.05, 0) is 18.4 Å². The number of hydrogen-bond donors (Lipinski definition) is 2. The third kappa shape index (κ3) is 3.43. The third-order valence-electron chi connectivity index (χ3n) is 3.60. The lowest BCUT2D eigenvalue weighted by atomic mass is 10.2. The molecule has 0 radical (unpaired) electrons. The Morgan fingerprint density at radius 3 is 2.88 bits per heavy atom. The molecule has 0 spiro atoms. The molecule has 4 rings (SSSR count). The van der Waals surface area contributed by atoms with Crippen LogP contribution in [-0.4, -0.2) is 31.9 Å². The minimum atomic E-state index is -0.453. The predicted molar refractivity (Wildman–Crippen MR) is 86.7 cm³/mol. The summed E-state index contributed by atoms with van der Waals surface area (Å²) in [5.41, 5.74) is 1.71. The molecule has 1 aliphatic rings. The van der Waals surface area contributed by atoms with Gasteiger partial charge in [0, 0.05) is 12.2 Å². The second-order valence-electron chi connectivity index (χ2n) is 5.70. The van der Waals surface area contributed by atoms with Crippen LogP contribution in [-0.2, 0) is 6.54 Å². The molecule has 2 aromatic heterocycles. The Morgan fingerprint density at radius 1 is 1.25 bits per heavy atom. The molecule has 1 fully saturated rings. The fourth-order valence-corrected chi connectivity index (χ4v) is 2.25. The Balaban J connectivity index is 1.38. The maximum absolute atomic E-state index is 12.1. The van der Waals surface area contributed by atoms with Gasteiger partial charge in [0.2, 0.25) is 0 Å². The number of anilines is 2. The second-order valence-corrected chi connectivity index (χ2v) is 5.70. The van der Waals surface area contributed by atoms with Crippen molar-refractivity contribution in [2.45, 2.75) is 25.4 Å². The molecule has 0 saturated heterocycles. The largest absolute Gasteiger partial charge is 0.399 e. The van der Waals surface area contributed by atoms with Gasteiger partial charge in [-0.15, -0.1) is 5.10 Å². The van der Waals surface area contributed by atoms with Crippen LogP contribution in [0.25, 0.3) is 0 Å². The molecule has 1 amide bonds. The van der Waals surface area contributed by atoms with Crippen LogP contribution in [0.5, 0.6) is 0 Å². The monoisotopic (exact) mass is 324 g/mol. The average Bonchev–Trinajstić information content (AvgIpc) is 3.09. The lowest BCUT2D eigenvalue weighted by molar-refractivity contribution is 0.0991. The van der Waals surface area contributed by atoms with E-state index in [9.17, 15) is 4.79 Å². The van der Waals surface area contributed by atoms with Gasteiger partial charge in [-0.25, -0.2) is 0 Å². The first-order valence-electron chi connectivity index (χ1n) is 7.74. The lowest BCUT2D eigenvalue weighted by Gasteiger charge is -2.01. The van der Waals surface area contributed by atoms with Crippen molar-refractivity contribution < 1.29 is 9.21 Å². The van der Waals surface area contributed by atoms with Gasteiger partial charge >= 0.3 is 17.8 Å². The fourth-order valence-electron chi connectivity index (χ4n) is 2.25. The zero-order valence-electron chi connectivity index (χ0n) is 12.8. The zero-order chi connectivity index (χ0) is 16.4. The number of carbonyl (C=O) groups is 1. The van der Waals surface area contributed by atoms with Gasteiger partial charge < -0.3 is 15.1 Å². The molecule has 1 aliphatic carbocycles. The van der Waals surface area contributed by atoms with Crippen LogP contribution in [0, 0.1) is 0 Å². The number of nitrogens with one attached hydrogen (secondary N) is 2. The maximum atomic E-state index is 12.1. The van der Waals surface area contributed by atoms with E-state index in [0.29, 0.717) is 18.3 Å². The molecule has 8 heteroatoms. The normalized spacial score (nSPS) is 13.7. The smallest absolute Gasteiger partial charge is 0.316 e. The van der Waals surface area contributed by atoms with Crippen molar-refractivity contribution in [3.63, 3.8) is 0 Å². The van der Waals surface area contributed by atoms with Crippen LogP contribution < -0.4 is 10.6 Å². The molecular weight excluding hydrogens is 308 g/mol. The summed E-state index contributed by atoms with van der Waals surface area (Å²) in [5, 5.41) is 17.5. The van der Waals surface area contributed by atoms with Crippen molar-refractivity contribution in [2.24, 2.45) is 0 Å². The highest BCUT2D eigenvalue weighted by Crippen LogP contribution is 2.23. The molecule has 0 aliphatic heterocycles. The number of carbonyl (C=O) groups excluding carboxylic acids is 1. The first-order chi connectivity index (χ1) is 11.8. The molecule has 1 aromatic carbocycles. The minimum Gasteiger partial charge on any atom is -0.399 e. The molecule has 0 atom stereocenters. The standard InChI is InChI=1S/C16H16N6O2/c23-14(15-20-21-16(24-15)19-12-6-7-12)18-13-8-17-22(10-13)9-11-4-2-1-3-5-11/h1-5,8,10,12H,6-7,9H2,(H,18,23)(H,19,21). The van der Waals surface area contributed by atoms with Gasteiger partial charge in [0.15, 0.2) is 0 Å². The van der Waals surface area contributed by atoms with E-state index in [1.165, 1.54) is 0 Å². The van der Waals surface area contributed by atoms with Crippen molar-refractivity contribution in [1.29, 1.82) is 0 Å².